The predicted molar refractivity (Wildman–Crippen MR) is 119 cm³/mol. The summed E-state index contributed by atoms with van der Waals surface area (Å²) in [5.74, 6) is -0.320. The van der Waals surface area contributed by atoms with Crippen molar-refractivity contribution in [1.29, 1.82) is 0 Å². The number of halogens is 4. The molecule has 1 aliphatic carbocycles. The van der Waals surface area contributed by atoms with E-state index in [4.69, 9.17) is 27.9 Å². The van der Waals surface area contributed by atoms with Crippen LogP contribution in [0.2, 0.25) is 10.0 Å². The third kappa shape index (κ3) is 4.12. The number of nitrogens with zero attached hydrogens (tertiary/aromatic N) is 2. The highest BCUT2D eigenvalue weighted by Crippen LogP contribution is 2.37. The van der Waals surface area contributed by atoms with Gasteiger partial charge in [0.1, 0.15) is 17.1 Å². The summed E-state index contributed by atoms with van der Waals surface area (Å²) in [6.45, 7) is 0.965. The first-order valence-electron chi connectivity index (χ1n) is 10.0. The van der Waals surface area contributed by atoms with Gasteiger partial charge in [-0.1, -0.05) is 35.3 Å². The summed E-state index contributed by atoms with van der Waals surface area (Å²) < 4.78 is 36.4. The van der Waals surface area contributed by atoms with Crippen LogP contribution in [-0.4, -0.2) is 16.2 Å². The second kappa shape index (κ2) is 8.13. The first kappa shape index (κ1) is 20.3. The molecule has 1 aliphatic rings. The summed E-state index contributed by atoms with van der Waals surface area (Å²) >= 11 is 12.4. The van der Waals surface area contributed by atoms with Crippen molar-refractivity contribution in [3.8, 4) is 17.1 Å². The summed E-state index contributed by atoms with van der Waals surface area (Å²) in [5, 5.41) is 1.13. The molecule has 0 spiro atoms. The molecule has 5 rings (SSSR count). The van der Waals surface area contributed by atoms with Crippen LogP contribution in [0.5, 0.6) is 5.75 Å². The molecule has 0 bridgehead atoms. The Morgan fingerprint density at radius 2 is 1.81 bits per heavy atom. The highest BCUT2D eigenvalue weighted by atomic mass is 35.5. The van der Waals surface area contributed by atoms with Gasteiger partial charge in [-0.3, -0.25) is 0 Å². The Bertz CT molecular complexity index is 1280. The Labute approximate surface area is 188 Å². The molecule has 31 heavy (non-hydrogen) atoms. The minimum absolute atomic E-state index is 0.0277. The van der Waals surface area contributed by atoms with Gasteiger partial charge in [-0.25, -0.2) is 13.8 Å². The molecule has 0 atom stereocenters. The third-order valence-electron chi connectivity index (χ3n) is 5.40. The Morgan fingerprint density at radius 3 is 2.58 bits per heavy atom. The van der Waals surface area contributed by atoms with Crippen molar-refractivity contribution in [2.75, 3.05) is 6.61 Å². The fourth-order valence-electron chi connectivity index (χ4n) is 3.61. The molecule has 0 aliphatic heterocycles. The molecule has 1 fully saturated rings. The number of ether oxygens (including phenoxy) is 1. The van der Waals surface area contributed by atoms with Gasteiger partial charge in [-0.2, -0.15) is 0 Å². The van der Waals surface area contributed by atoms with Crippen LogP contribution in [0.4, 0.5) is 8.78 Å². The van der Waals surface area contributed by atoms with Gasteiger partial charge in [0.2, 0.25) is 0 Å². The molecule has 4 aromatic rings. The lowest BCUT2D eigenvalue weighted by Gasteiger charge is -2.14. The van der Waals surface area contributed by atoms with E-state index >= 15 is 0 Å². The topological polar surface area (TPSA) is 27.1 Å². The van der Waals surface area contributed by atoms with E-state index in [1.54, 1.807) is 24.3 Å². The number of imidazole rings is 1. The lowest BCUT2D eigenvalue weighted by atomic mass is 10.1. The smallest absolute Gasteiger partial charge is 0.186 e. The molecule has 158 valence electrons. The van der Waals surface area contributed by atoms with E-state index in [9.17, 15) is 8.78 Å². The van der Waals surface area contributed by atoms with Crippen LogP contribution >= 0.6 is 23.2 Å². The van der Waals surface area contributed by atoms with Crippen molar-refractivity contribution in [3.05, 3.63) is 81.8 Å². The zero-order valence-corrected chi connectivity index (χ0v) is 17.9. The molecule has 1 saturated carbocycles. The van der Waals surface area contributed by atoms with Crippen LogP contribution in [0.3, 0.4) is 0 Å². The number of aromatic nitrogens is 2. The van der Waals surface area contributed by atoms with Crippen LogP contribution < -0.4 is 4.74 Å². The normalized spacial score (nSPS) is 13.7. The second-order valence-corrected chi connectivity index (χ2v) is 8.65. The predicted octanol–water partition coefficient (Wildman–Crippen LogP) is 7.13. The van der Waals surface area contributed by atoms with Crippen molar-refractivity contribution in [1.82, 2.24) is 9.55 Å². The second-order valence-electron chi connectivity index (χ2n) is 7.78. The van der Waals surface area contributed by atoms with Crippen LogP contribution in [0.25, 0.3) is 22.4 Å². The first-order valence-corrected chi connectivity index (χ1v) is 10.8. The number of fused-ring (bicyclic) bond motifs is 1. The van der Waals surface area contributed by atoms with Gasteiger partial charge in [0.15, 0.2) is 11.6 Å². The zero-order chi connectivity index (χ0) is 21.5. The lowest BCUT2D eigenvalue weighted by Crippen LogP contribution is -2.05. The fraction of sp³-hybridized carbons (Fsp3) is 0.208. The maximum Gasteiger partial charge on any atom is 0.186 e. The molecular formula is C24H18Cl2F2N2O. The monoisotopic (exact) mass is 458 g/mol. The van der Waals surface area contributed by atoms with Gasteiger partial charge in [0, 0.05) is 16.6 Å². The molecule has 0 saturated heterocycles. The molecule has 3 aromatic carbocycles. The SMILES string of the molecule is Fc1ccc2c(nc(-c3ccc(Cl)cc3OCC3CC3)n2Cc2cccc(Cl)c2)c1F. The molecule has 0 unspecified atom stereocenters. The summed E-state index contributed by atoms with van der Waals surface area (Å²) in [6, 6.07) is 15.3. The largest absolute Gasteiger partial charge is 0.492 e. The van der Waals surface area contributed by atoms with Gasteiger partial charge >= 0.3 is 0 Å². The third-order valence-corrected chi connectivity index (χ3v) is 5.87. The minimum atomic E-state index is -0.974. The first-order chi connectivity index (χ1) is 15.0. The molecule has 1 heterocycles. The number of benzene rings is 3. The Balaban J connectivity index is 1.68. The van der Waals surface area contributed by atoms with Crippen molar-refractivity contribution in [2.24, 2.45) is 5.92 Å². The lowest BCUT2D eigenvalue weighted by molar-refractivity contribution is 0.301. The molecule has 0 radical (unpaired) electrons. The van der Waals surface area contributed by atoms with Gasteiger partial charge in [-0.05, 0) is 66.8 Å². The molecule has 1 aromatic heterocycles. The fourth-order valence-corrected chi connectivity index (χ4v) is 3.99. The van der Waals surface area contributed by atoms with E-state index in [1.165, 1.54) is 6.07 Å². The van der Waals surface area contributed by atoms with Crippen LogP contribution in [-0.2, 0) is 6.54 Å². The minimum Gasteiger partial charge on any atom is -0.492 e. The summed E-state index contributed by atoms with van der Waals surface area (Å²) in [7, 11) is 0. The standard InChI is InChI=1S/C24H18Cl2F2N2O/c25-16-3-1-2-15(10-16)12-30-20-9-8-19(27)22(28)23(20)29-24(30)18-7-6-17(26)11-21(18)31-13-14-4-5-14/h1-3,6-11,14H,4-5,12-13H2. The number of rotatable bonds is 6. The van der Waals surface area contributed by atoms with Crippen LogP contribution in [0.15, 0.2) is 54.6 Å². The average molecular weight is 459 g/mol. The molecule has 0 amide bonds. The highest BCUT2D eigenvalue weighted by Gasteiger charge is 2.24. The van der Waals surface area contributed by atoms with E-state index in [0.29, 0.717) is 51.8 Å². The van der Waals surface area contributed by atoms with E-state index in [-0.39, 0.29) is 5.52 Å². The maximum absolute atomic E-state index is 14.6. The quantitative estimate of drug-likeness (QED) is 0.307. The van der Waals surface area contributed by atoms with Gasteiger partial charge in [0.25, 0.3) is 0 Å². The van der Waals surface area contributed by atoms with E-state index in [1.807, 2.05) is 22.8 Å². The molecule has 7 heteroatoms. The zero-order valence-electron chi connectivity index (χ0n) is 16.4. The van der Waals surface area contributed by atoms with Gasteiger partial charge in [-0.15, -0.1) is 0 Å². The highest BCUT2D eigenvalue weighted by molar-refractivity contribution is 6.31. The van der Waals surface area contributed by atoms with Crippen molar-refractivity contribution < 1.29 is 13.5 Å². The van der Waals surface area contributed by atoms with E-state index in [0.717, 1.165) is 24.5 Å². The van der Waals surface area contributed by atoms with Crippen LogP contribution in [0, 0.1) is 17.6 Å². The number of hydrogen-bond acceptors (Lipinski definition) is 2. The molecule has 3 nitrogen and oxygen atoms in total. The van der Waals surface area contributed by atoms with Gasteiger partial charge in [0.05, 0.1) is 17.7 Å². The Kier molecular flexibility index (Phi) is 5.32. The summed E-state index contributed by atoms with van der Waals surface area (Å²) in [5.41, 5.74) is 2.03. The summed E-state index contributed by atoms with van der Waals surface area (Å²) in [6.07, 6.45) is 2.29. The Morgan fingerprint density at radius 1 is 1.00 bits per heavy atom. The molecule has 0 N–H and O–H groups in total. The van der Waals surface area contributed by atoms with E-state index < -0.39 is 11.6 Å². The van der Waals surface area contributed by atoms with Crippen LogP contribution in [0.1, 0.15) is 18.4 Å². The van der Waals surface area contributed by atoms with Crippen molar-refractivity contribution in [2.45, 2.75) is 19.4 Å². The van der Waals surface area contributed by atoms with Crippen molar-refractivity contribution in [3.63, 3.8) is 0 Å². The van der Waals surface area contributed by atoms with E-state index in [2.05, 4.69) is 4.98 Å². The summed E-state index contributed by atoms with van der Waals surface area (Å²) in [4.78, 5) is 4.49. The van der Waals surface area contributed by atoms with Gasteiger partial charge < -0.3 is 9.30 Å². The average Bonchev–Trinajstić information content (AvgIpc) is 3.51. The van der Waals surface area contributed by atoms with Crippen molar-refractivity contribution >= 4 is 34.2 Å². The number of hydrogen-bond donors (Lipinski definition) is 0. The maximum atomic E-state index is 14.6. The Hall–Kier alpha value is -2.63. The molecular weight excluding hydrogens is 441 g/mol.